The highest BCUT2D eigenvalue weighted by atomic mass is 16.7. The summed E-state index contributed by atoms with van der Waals surface area (Å²) in [5, 5.41) is 0. The van der Waals surface area contributed by atoms with Crippen molar-refractivity contribution in [3.05, 3.63) is 65.7 Å². The molecule has 2 nitrogen and oxygen atoms in total. The van der Waals surface area contributed by atoms with Crippen molar-refractivity contribution in [3.63, 3.8) is 0 Å². The zero-order valence-electron chi connectivity index (χ0n) is 12.7. The lowest BCUT2D eigenvalue weighted by molar-refractivity contribution is -0.147. The van der Waals surface area contributed by atoms with Crippen LogP contribution in [0.25, 0.3) is 0 Å². The van der Waals surface area contributed by atoms with Gasteiger partial charge in [-0.3, -0.25) is 0 Å². The van der Waals surface area contributed by atoms with Crippen LogP contribution >= 0.6 is 0 Å². The quantitative estimate of drug-likeness (QED) is 0.813. The summed E-state index contributed by atoms with van der Waals surface area (Å²) in [4.78, 5) is 0. The summed E-state index contributed by atoms with van der Waals surface area (Å²) in [7, 11) is 0. The van der Waals surface area contributed by atoms with Crippen LogP contribution in [0.1, 0.15) is 36.8 Å². The Balaban J connectivity index is 1.70. The minimum atomic E-state index is -0.165. The zero-order chi connectivity index (χ0) is 14.7. The summed E-state index contributed by atoms with van der Waals surface area (Å²) in [5.41, 5.74) is 2.62. The first-order valence-corrected chi connectivity index (χ1v) is 7.64. The van der Waals surface area contributed by atoms with Crippen LogP contribution in [0.15, 0.2) is 54.6 Å². The Hall–Kier alpha value is -1.80. The average Bonchev–Trinajstić information content (AvgIpc) is 2.50. The fraction of sp³-hybridized carbons (Fsp3) is 0.368. The molecule has 1 fully saturated rings. The minimum absolute atomic E-state index is 0.165. The Kier molecular flexibility index (Phi) is 4.26. The second-order valence-electron chi connectivity index (χ2n) is 5.89. The van der Waals surface area contributed by atoms with Crippen molar-refractivity contribution >= 4 is 0 Å². The SMILES string of the molecule is Cc1ccc(OC2CC(c3ccccc3)CC(C)O2)cc1. The van der Waals surface area contributed by atoms with Crippen LogP contribution in [0.5, 0.6) is 5.75 Å². The van der Waals surface area contributed by atoms with Crippen molar-refractivity contribution in [2.24, 2.45) is 0 Å². The Labute approximate surface area is 126 Å². The maximum absolute atomic E-state index is 6.01. The third-order valence-corrected chi connectivity index (χ3v) is 4.04. The van der Waals surface area contributed by atoms with Gasteiger partial charge in [0.2, 0.25) is 6.29 Å². The molecule has 0 spiro atoms. The monoisotopic (exact) mass is 282 g/mol. The largest absolute Gasteiger partial charge is 0.465 e. The van der Waals surface area contributed by atoms with E-state index in [0.717, 1.165) is 18.6 Å². The van der Waals surface area contributed by atoms with Gasteiger partial charge in [-0.25, -0.2) is 0 Å². The first kappa shape index (κ1) is 14.2. The van der Waals surface area contributed by atoms with Gasteiger partial charge in [-0.1, -0.05) is 48.0 Å². The van der Waals surface area contributed by atoms with Gasteiger partial charge < -0.3 is 9.47 Å². The number of aryl methyl sites for hydroxylation is 1. The molecular formula is C19H22O2. The lowest BCUT2D eigenvalue weighted by Gasteiger charge is -2.34. The van der Waals surface area contributed by atoms with Crippen LogP contribution in [-0.4, -0.2) is 12.4 Å². The Bertz CT molecular complexity index is 562. The van der Waals surface area contributed by atoms with Crippen LogP contribution in [0, 0.1) is 6.92 Å². The summed E-state index contributed by atoms with van der Waals surface area (Å²) in [6, 6.07) is 18.8. The second kappa shape index (κ2) is 6.31. The van der Waals surface area contributed by atoms with Crippen LogP contribution in [0.4, 0.5) is 0 Å². The molecular weight excluding hydrogens is 260 g/mol. The molecule has 3 unspecified atom stereocenters. The summed E-state index contributed by atoms with van der Waals surface area (Å²) >= 11 is 0. The van der Waals surface area contributed by atoms with Crippen LogP contribution in [0.3, 0.4) is 0 Å². The second-order valence-corrected chi connectivity index (χ2v) is 5.89. The lowest BCUT2D eigenvalue weighted by Crippen LogP contribution is -2.34. The molecule has 0 bridgehead atoms. The molecule has 2 heteroatoms. The van der Waals surface area contributed by atoms with Gasteiger partial charge in [0.1, 0.15) is 5.75 Å². The summed E-state index contributed by atoms with van der Waals surface area (Å²) in [5.74, 6) is 1.39. The van der Waals surface area contributed by atoms with Crippen LogP contribution in [0.2, 0.25) is 0 Å². The van der Waals surface area contributed by atoms with E-state index in [-0.39, 0.29) is 12.4 Å². The van der Waals surface area contributed by atoms with Crippen molar-refractivity contribution in [1.82, 2.24) is 0 Å². The van der Waals surface area contributed by atoms with E-state index in [4.69, 9.17) is 9.47 Å². The van der Waals surface area contributed by atoms with Gasteiger partial charge in [0.25, 0.3) is 0 Å². The molecule has 2 aromatic rings. The number of rotatable bonds is 3. The van der Waals surface area contributed by atoms with Crippen LogP contribution in [-0.2, 0) is 4.74 Å². The van der Waals surface area contributed by atoms with Crippen molar-refractivity contribution in [2.45, 2.75) is 45.0 Å². The number of benzene rings is 2. The predicted octanol–water partition coefficient (Wildman–Crippen LogP) is 4.68. The third kappa shape index (κ3) is 3.64. The Morgan fingerprint density at radius 3 is 2.38 bits per heavy atom. The summed E-state index contributed by atoms with van der Waals surface area (Å²) in [6.45, 7) is 4.20. The topological polar surface area (TPSA) is 18.5 Å². The van der Waals surface area contributed by atoms with Crippen molar-refractivity contribution in [2.75, 3.05) is 0 Å². The summed E-state index contributed by atoms with van der Waals surface area (Å²) < 4.78 is 12.0. The molecule has 21 heavy (non-hydrogen) atoms. The molecule has 1 aliphatic rings. The molecule has 3 atom stereocenters. The van der Waals surface area contributed by atoms with Crippen LogP contribution < -0.4 is 4.74 Å². The molecule has 0 amide bonds. The molecule has 0 radical (unpaired) electrons. The standard InChI is InChI=1S/C19H22O2/c1-14-8-10-18(11-9-14)21-19-13-17(12-15(2)20-19)16-6-4-3-5-7-16/h3-11,15,17,19H,12-13H2,1-2H3. The number of ether oxygens (including phenoxy) is 2. The molecule has 2 aromatic carbocycles. The van der Waals surface area contributed by atoms with E-state index in [9.17, 15) is 0 Å². The maximum Gasteiger partial charge on any atom is 0.200 e. The number of hydrogen-bond acceptors (Lipinski definition) is 2. The fourth-order valence-corrected chi connectivity index (χ4v) is 2.94. The third-order valence-electron chi connectivity index (χ3n) is 4.04. The molecule has 110 valence electrons. The van der Waals surface area contributed by atoms with E-state index in [2.05, 4.69) is 56.3 Å². The van der Waals surface area contributed by atoms with Gasteiger partial charge in [0, 0.05) is 6.42 Å². The van der Waals surface area contributed by atoms with Gasteiger partial charge in [0.05, 0.1) is 6.10 Å². The first-order chi connectivity index (χ1) is 10.2. The highest BCUT2D eigenvalue weighted by Crippen LogP contribution is 2.34. The first-order valence-electron chi connectivity index (χ1n) is 7.64. The van der Waals surface area contributed by atoms with E-state index in [1.165, 1.54) is 11.1 Å². The molecule has 1 aliphatic heterocycles. The van der Waals surface area contributed by atoms with E-state index < -0.39 is 0 Å². The van der Waals surface area contributed by atoms with Crippen molar-refractivity contribution in [3.8, 4) is 5.75 Å². The van der Waals surface area contributed by atoms with Gasteiger partial charge in [0.15, 0.2) is 0 Å². The molecule has 0 aromatic heterocycles. The molecule has 0 N–H and O–H groups in total. The molecule has 1 heterocycles. The Morgan fingerprint density at radius 2 is 1.67 bits per heavy atom. The van der Waals surface area contributed by atoms with Crippen molar-refractivity contribution < 1.29 is 9.47 Å². The predicted molar refractivity (Wildman–Crippen MR) is 84.6 cm³/mol. The van der Waals surface area contributed by atoms with E-state index in [1.54, 1.807) is 0 Å². The molecule has 0 saturated carbocycles. The maximum atomic E-state index is 6.01. The highest BCUT2D eigenvalue weighted by Gasteiger charge is 2.29. The molecule has 0 aliphatic carbocycles. The minimum Gasteiger partial charge on any atom is -0.465 e. The van der Waals surface area contributed by atoms with E-state index in [0.29, 0.717) is 5.92 Å². The lowest BCUT2D eigenvalue weighted by atomic mass is 9.88. The Morgan fingerprint density at radius 1 is 0.952 bits per heavy atom. The van der Waals surface area contributed by atoms with Gasteiger partial charge in [-0.2, -0.15) is 0 Å². The van der Waals surface area contributed by atoms with E-state index >= 15 is 0 Å². The van der Waals surface area contributed by atoms with Gasteiger partial charge >= 0.3 is 0 Å². The number of hydrogen-bond donors (Lipinski definition) is 0. The van der Waals surface area contributed by atoms with Gasteiger partial charge in [-0.05, 0) is 43.9 Å². The zero-order valence-corrected chi connectivity index (χ0v) is 12.7. The van der Waals surface area contributed by atoms with Gasteiger partial charge in [-0.15, -0.1) is 0 Å². The highest BCUT2D eigenvalue weighted by molar-refractivity contribution is 5.26. The average molecular weight is 282 g/mol. The molecule has 1 saturated heterocycles. The fourth-order valence-electron chi connectivity index (χ4n) is 2.94. The summed E-state index contributed by atoms with van der Waals surface area (Å²) in [6.07, 6.45) is 2.01. The normalized spacial score (nSPS) is 25.5. The van der Waals surface area contributed by atoms with Crippen molar-refractivity contribution in [1.29, 1.82) is 0 Å². The smallest absolute Gasteiger partial charge is 0.200 e. The molecule has 3 rings (SSSR count). The van der Waals surface area contributed by atoms with E-state index in [1.807, 2.05) is 12.1 Å².